The first-order valence-electron chi connectivity index (χ1n) is 6.17. The number of aryl methyl sites for hydroxylation is 1. The van der Waals surface area contributed by atoms with Crippen molar-refractivity contribution in [3.8, 4) is 0 Å². The number of hydrogen-bond acceptors (Lipinski definition) is 2. The van der Waals surface area contributed by atoms with Gasteiger partial charge in [-0.3, -0.25) is 0 Å². The highest BCUT2D eigenvalue weighted by Gasteiger charge is 2.36. The number of rotatable bonds is 2. The van der Waals surface area contributed by atoms with E-state index in [2.05, 4.69) is 10.3 Å². The number of fused-ring (bicyclic) bond motifs is 1. The summed E-state index contributed by atoms with van der Waals surface area (Å²) in [7, 11) is 0. The first kappa shape index (κ1) is 14.6. The Morgan fingerprint density at radius 1 is 1.20 bits per heavy atom. The Kier molecular flexibility index (Phi) is 3.58. The highest BCUT2D eigenvalue weighted by molar-refractivity contribution is 5.95. The van der Waals surface area contributed by atoms with Gasteiger partial charge >= 0.3 is 6.18 Å². The fraction of sp³-hybridized carbons (Fsp3) is 0.357. The predicted molar refractivity (Wildman–Crippen MR) is 70.3 cm³/mol. The number of nitrogens with zero attached hydrogens (tertiary/aromatic N) is 1. The summed E-state index contributed by atoms with van der Waals surface area (Å²) < 4.78 is 53.1. The van der Waals surface area contributed by atoms with E-state index < -0.39 is 17.7 Å². The maximum absolute atomic E-state index is 14.0. The van der Waals surface area contributed by atoms with Crippen molar-refractivity contribution in [3.05, 3.63) is 34.8 Å². The van der Waals surface area contributed by atoms with Gasteiger partial charge < -0.3 is 5.32 Å². The van der Waals surface area contributed by atoms with E-state index in [0.29, 0.717) is 12.1 Å². The van der Waals surface area contributed by atoms with Crippen molar-refractivity contribution in [2.75, 3.05) is 11.9 Å². The number of hydrogen-bond donors (Lipinski definition) is 1. The summed E-state index contributed by atoms with van der Waals surface area (Å²) in [5.74, 6) is -0.578. The Bertz CT molecular complexity index is 662. The Balaban J connectivity index is 2.95. The van der Waals surface area contributed by atoms with Crippen molar-refractivity contribution in [1.29, 1.82) is 0 Å². The lowest BCUT2D eigenvalue weighted by Gasteiger charge is -2.18. The molecule has 0 aliphatic carbocycles. The van der Waals surface area contributed by atoms with Crippen LogP contribution in [0, 0.1) is 19.7 Å². The smallest absolute Gasteiger partial charge is 0.384 e. The second-order valence-corrected chi connectivity index (χ2v) is 4.58. The molecule has 0 radical (unpaired) electrons. The van der Waals surface area contributed by atoms with Crippen molar-refractivity contribution >= 4 is 16.6 Å². The van der Waals surface area contributed by atoms with Gasteiger partial charge in [0.2, 0.25) is 0 Å². The molecule has 0 fully saturated rings. The predicted octanol–water partition coefficient (Wildman–Crippen LogP) is 4.44. The van der Waals surface area contributed by atoms with E-state index in [4.69, 9.17) is 0 Å². The molecule has 0 aliphatic heterocycles. The third-order valence-corrected chi connectivity index (χ3v) is 3.15. The zero-order valence-electron chi connectivity index (χ0n) is 11.3. The van der Waals surface area contributed by atoms with Gasteiger partial charge in [0.25, 0.3) is 0 Å². The van der Waals surface area contributed by atoms with Gasteiger partial charge in [-0.2, -0.15) is 13.2 Å². The molecular weight excluding hydrogens is 272 g/mol. The van der Waals surface area contributed by atoms with Gasteiger partial charge in [-0.15, -0.1) is 0 Å². The molecule has 2 nitrogen and oxygen atoms in total. The van der Waals surface area contributed by atoms with E-state index in [9.17, 15) is 17.6 Å². The number of pyridine rings is 1. The number of halogens is 4. The van der Waals surface area contributed by atoms with Gasteiger partial charge in [0.15, 0.2) is 0 Å². The normalized spacial score (nSPS) is 11.9. The maximum atomic E-state index is 14.0. The lowest BCUT2D eigenvalue weighted by Crippen LogP contribution is -2.14. The summed E-state index contributed by atoms with van der Waals surface area (Å²) in [5, 5.41) is 2.93. The van der Waals surface area contributed by atoms with E-state index in [1.165, 1.54) is 19.1 Å². The number of alkyl halides is 3. The van der Waals surface area contributed by atoms with E-state index >= 15 is 0 Å². The maximum Gasteiger partial charge on any atom is 0.433 e. The molecule has 0 bridgehead atoms. The second-order valence-electron chi connectivity index (χ2n) is 4.58. The van der Waals surface area contributed by atoms with Crippen LogP contribution in [0.1, 0.15) is 23.7 Å². The van der Waals surface area contributed by atoms with Crippen LogP contribution in [0.2, 0.25) is 0 Å². The fourth-order valence-corrected chi connectivity index (χ4v) is 2.23. The molecule has 2 rings (SSSR count). The van der Waals surface area contributed by atoms with Crippen LogP contribution in [-0.4, -0.2) is 11.5 Å². The van der Waals surface area contributed by atoms with Crippen LogP contribution in [0.5, 0.6) is 0 Å². The zero-order chi connectivity index (χ0) is 15.1. The minimum Gasteiger partial charge on any atom is -0.384 e. The van der Waals surface area contributed by atoms with Gasteiger partial charge in [0, 0.05) is 12.1 Å². The van der Waals surface area contributed by atoms with E-state index in [-0.39, 0.29) is 22.2 Å². The molecule has 0 saturated carbocycles. The summed E-state index contributed by atoms with van der Waals surface area (Å²) in [6, 6.07) is 2.67. The standard InChI is InChI=1S/C14H14F4N2/c1-4-19-12-8(3)13(14(16,17)18)20-11-7(2)5-6-9(15)10(11)12/h5-6H,4H2,1-3H3,(H,19,20). The van der Waals surface area contributed by atoms with Crippen molar-refractivity contribution in [3.63, 3.8) is 0 Å². The lowest BCUT2D eigenvalue weighted by atomic mass is 10.0. The third-order valence-electron chi connectivity index (χ3n) is 3.15. The molecule has 2 aromatic rings. The van der Waals surface area contributed by atoms with Crippen LogP contribution in [0.25, 0.3) is 10.9 Å². The monoisotopic (exact) mass is 286 g/mol. The Morgan fingerprint density at radius 2 is 1.85 bits per heavy atom. The van der Waals surface area contributed by atoms with Gasteiger partial charge in [-0.25, -0.2) is 9.37 Å². The molecule has 108 valence electrons. The van der Waals surface area contributed by atoms with Crippen molar-refractivity contribution < 1.29 is 17.6 Å². The summed E-state index contributed by atoms with van der Waals surface area (Å²) in [6.07, 6.45) is -4.57. The topological polar surface area (TPSA) is 24.9 Å². The molecule has 1 aromatic heterocycles. The van der Waals surface area contributed by atoms with Crippen LogP contribution in [0.15, 0.2) is 12.1 Å². The summed E-state index contributed by atoms with van der Waals surface area (Å²) in [5.41, 5.74) is -0.359. The molecule has 0 amide bonds. The first-order chi connectivity index (χ1) is 9.27. The molecule has 1 aromatic carbocycles. The molecule has 0 saturated heterocycles. The second kappa shape index (κ2) is 4.92. The van der Waals surface area contributed by atoms with Crippen LogP contribution in [0.3, 0.4) is 0 Å². The minimum absolute atomic E-state index is 0.0406. The van der Waals surface area contributed by atoms with Crippen molar-refractivity contribution in [1.82, 2.24) is 4.98 Å². The highest BCUT2D eigenvalue weighted by Crippen LogP contribution is 2.38. The molecule has 0 aliphatic rings. The average Bonchev–Trinajstić information content (AvgIpc) is 2.35. The molecular formula is C14H14F4N2. The molecule has 0 spiro atoms. The first-order valence-corrected chi connectivity index (χ1v) is 6.17. The Labute approximate surface area is 113 Å². The summed E-state index contributed by atoms with van der Waals surface area (Å²) in [6.45, 7) is 5.05. The SMILES string of the molecule is CCNc1c(C)c(C(F)(F)F)nc2c(C)ccc(F)c12. The molecule has 0 atom stereocenters. The molecule has 1 N–H and O–H groups in total. The number of nitrogens with one attached hydrogen (secondary N) is 1. The van der Waals surface area contributed by atoms with E-state index in [1.54, 1.807) is 13.8 Å². The van der Waals surface area contributed by atoms with Gasteiger partial charge in [0.1, 0.15) is 11.5 Å². The van der Waals surface area contributed by atoms with Gasteiger partial charge in [0.05, 0.1) is 16.6 Å². The fourth-order valence-electron chi connectivity index (χ4n) is 2.23. The quantitative estimate of drug-likeness (QED) is 0.825. The van der Waals surface area contributed by atoms with Crippen LogP contribution < -0.4 is 5.32 Å². The number of aromatic nitrogens is 1. The summed E-state index contributed by atoms with van der Waals surface area (Å²) >= 11 is 0. The Morgan fingerprint density at radius 3 is 2.40 bits per heavy atom. The highest BCUT2D eigenvalue weighted by atomic mass is 19.4. The third kappa shape index (κ3) is 2.30. The largest absolute Gasteiger partial charge is 0.433 e. The summed E-state index contributed by atoms with van der Waals surface area (Å²) in [4.78, 5) is 3.64. The molecule has 20 heavy (non-hydrogen) atoms. The van der Waals surface area contributed by atoms with Crippen LogP contribution in [0.4, 0.5) is 23.2 Å². The molecule has 6 heteroatoms. The van der Waals surface area contributed by atoms with E-state index in [0.717, 1.165) is 0 Å². The van der Waals surface area contributed by atoms with Gasteiger partial charge in [-0.05, 0) is 32.4 Å². The van der Waals surface area contributed by atoms with Gasteiger partial charge in [-0.1, -0.05) is 6.07 Å². The lowest BCUT2D eigenvalue weighted by molar-refractivity contribution is -0.141. The van der Waals surface area contributed by atoms with Crippen LogP contribution in [-0.2, 0) is 6.18 Å². The van der Waals surface area contributed by atoms with E-state index in [1.807, 2.05) is 0 Å². The minimum atomic E-state index is -4.57. The Hall–Kier alpha value is -1.85. The average molecular weight is 286 g/mol. The van der Waals surface area contributed by atoms with Crippen LogP contribution >= 0.6 is 0 Å². The van der Waals surface area contributed by atoms with Crippen molar-refractivity contribution in [2.45, 2.75) is 26.9 Å². The molecule has 1 heterocycles. The number of benzene rings is 1. The van der Waals surface area contributed by atoms with Crippen molar-refractivity contribution in [2.24, 2.45) is 0 Å². The molecule has 0 unspecified atom stereocenters. The zero-order valence-corrected chi connectivity index (χ0v) is 11.3. The number of anilines is 1.